The van der Waals surface area contributed by atoms with Crippen LogP contribution in [-0.4, -0.2) is 16.1 Å². The van der Waals surface area contributed by atoms with Crippen LogP contribution < -0.4 is 0 Å². The average Bonchev–Trinajstić information content (AvgIpc) is 2.52. The molecular weight excluding hydrogens is 170 g/mol. The van der Waals surface area contributed by atoms with Gasteiger partial charge in [0.1, 0.15) is 5.76 Å². The van der Waals surface area contributed by atoms with E-state index >= 15 is 0 Å². The number of hydrogen-bond donors (Lipinski definition) is 1. The molecular formula is C9H13NO3. The van der Waals surface area contributed by atoms with Gasteiger partial charge in [0.05, 0.1) is 0 Å². The maximum atomic E-state index is 10.6. The Hall–Kier alpha value is -1.32. The van der Waals surface area contributed by atoms with Crippen molar-refractivity contribution in [3.8, 4) is 0 Å². The summed E-state index contributed by atoms with van der Waals surface area (Å²) in [6.45, 7) is 4.11. The molecule has 0 radical (unpaired) electrons. The third-order valence-corrected chi connectivity index (χ3v) is 2.07. The summed E-state index contributed by atoms with van der Waals surface area (Å²) in [6.07, 6.45) is 2.82. The molecule has 0 saturated carbocycles. The van der Waals surface area contributed by atoms with Crippen LogP contribution in [-0.2, 0) is 6.42 Å². The van der Waals surface area contributed by atoms with Crippen molar-refractivity contribution in [3.63, 3.8) is 0 Å². The third-order valence-electron chi connectivity index (χ3n) is 2.07. The quantitative estimate of drug-likeness (QED) is 0.775. The Morgan fingerprint density at radius 1 is 1.77 bits per heavy atom. The van der Waals surface area contributed by atoms with Crippen molar-refractivity contribution in [1.82, 2.24) is 4.98 Å². The Bertz CT molecular complexity index is 293. The summed E-state index contributed by atoms with van der Waals surface area (Å²) < 4.78 is 5.01. The van der Waals surface area contributed by atoms with Crippen molar-refractivity contribution in [2.24, 2.45) is 5.92 Å². The van der Waals surface area contributed by atoms with Crippen LogP contribution in [0, 0.1) is 5.92 Å². The number of aromatic nitrogens is 1. The molecule has 4 nitrogen and oxygen atoms in total. The van der Waals surface area contributed by atoms with E-state index in [1.54, 1.807) is 0 Å². The van der Waals surface area contributed by atoms with Crippen LogP contribution in [0.5, 0.6) is 0 Å². The topological polar surface area (TPSA) is 63.3 Å². The van der Waals surface area contributed by atoms with E-state index < -0.39 is 5.97 Å². The Labute approximate surface area is 76.6 Å². The van der Waals surface area contributed by atoms with Gasteiger partial charge in [0.25, 0.3) is 0 Å². The van der Waals surface area contributed by atoms with Crippen molar-refractivity contribution < 1.29 is 14.3 Å². The predicted molar refractivity (Wildman–Crippen MR) is 46.6 cm³/mol. The van der Waals surface area contributed by atoms with E-state index in [-0.39, 0.29) is 5.69 Å². The largest absolute Gasteiger partial charge is 0.476 e. The maximum absolute atomic E-state index is 10.6. The Morgan fingerprint density at radius 3 is 3.00 bits per heavy atom. The van der Waals surface area contributed by atoms with Crippen LogP contribution in [0.25, 0.3) is 0 Å². The van der Waals surface area contributed by atoms with Crippen molar-refractivity contribution in [3.05, 3.63) is 17.8 Å². The highest BCUT2D eigenvalue weighted by Gasteiger charge is 2.16. The molecule has 1 aromatic heterocycles. The lowest BCUT2D eigenvalue weighted by Gasteiger charge is -2.04. The Balaban J connectivity index is 2.76. The van der Waals surface area contributed by atoms with E-state index in [1.165, 1.54) is 6.39 Å². The molecule has 0 bridgehead atoms. The summed E-state index contributed by atoms with van der Waals surface area (Å²) in [5.74, 6) is -0.125. The van der Waals surface area contributed by atoms with Crippen LogP contribution >= 0.6 is 0 Å². The molecule has 0 aliphatic heterocycles. The molecule has 0 fully saturated rings. The number of carboxylic acids is 1. The van der Waals surface area contributed by atoms with Gasteiger partial charge in [0, 0.05) is 6.42 Å². The van der Waals surface area contributed by atoms with E-state index in [1.807, 2.05) is 6.92 Å². The second kappa shape index (κ2) is 4.07. The minimum Gasteiger partial charge on any atom is -0.476 e. The molecule has 1 rings (SSSR count). The number of hydrogen-bond acceptors (Lipinski definition) is 3. The summed E-state index contributed by atoms with van der Waals surface area (Å²) in [7, 11) is 0. The molecule has 0 amide bonds. The van der Waals surface area contributed by atoms with Gasteiger partial charge in [-0.1, -0.05) is 20.3 Å². The zero-order valence-electron chi connectivity index (χ0n) is 7.78. The second-order valence-electron chi connectivity index (χ2n) is 3.15. The van der Waals surface area contributed by atoms with Crippen LogP contribution in [0.3, 0.4) is 0 Å². The molecule has 1 aromatic rings. The van der Waals surface area contributed by atoms with Crippen molar-refractivity contribution in [1.29, 1.82) is 0 Å². The molecule has 1 unspecified atom stereocenters. The molecule has 4 heteroatoms. The lowest BCUT2D eigenvalue weighted by Crippen LogP contribution is -2.04. The van der Waals surface area contributed by atoms with E-state index in [0.29, 0.717) is 18.1 Å². The summed E-state index contributed by atoms with van der Waals surface area (Å²) >= 11 is 0. The third kappa shape index (κ3) is 2.31. The highest BCUT2D eigenvalue weighted by molar-refractivity contribution is 5.86. The van der Waals surface area contributed by atoms with Gasteiger partial charge in [-0.3, -0.25) is 0 Å². The number of oxazole rings is 1. The molecule has 0 aliphatic carbocycles. The normalized spacial score (nSPS) is 12.8. The zero-order valence-corrected chi connectivity index (χ0v) is 7.78. The maximum Gasteiger partial charge on any atom is 0.358 e. The first-order chi connectivity index (χ1) is 6.15. The van der Waals surface area contributed by atoms with E-state index in [4.69, 9.17) is 9.52 Å². The number of aromatic carboxylic acids is 1. The first-order valence-corrected chi connectivity index (χ1v) is 4.30. The molecule has 0 spiro atoms. The van der Waals surface area contributed by atoms with Gasteiger partial charge in [0.15, 0.2) is 12.1 Å². The fourth-order valence-corrected chi connectivity index (χ4v) is 1.05. The molecule has 1 atom stereocenters. The smallest absolute Gasteiger partial charge is 0.358 e. The molecule has 0 saturated heterocycles. The van der Waals surface area contributed by atoms with Crippen molar-refractivity contribution in [2.45, 2.75) is 26.7 Å². The van der Waals surface area contributed by atoms with Gasteiger partial charge >= 0.3 is 5.97 Å². The monoisotopic (exact) mass is 183 g/mol. The summed E-state index contributed by atoms with van der Waals surface area (Å²) in [4.78, 5) is 14.3. The van der Waals surface area contributed by atoms with Crippen molar-refractivity contribution in [2.75, 3.05) is 0 Å². The van der Waals surface area contributed by atoms with Gasteiger partial charge in [-0.05, 0) is 5.92 Å². The lowest BCUT2D eigenvalue weighted by atomic mass is 10.0. The van der Waals surface area contributed by atoms with Crippen LogP contribution in [0.15, 0.2) is 10.8 Å². The standard InChI is InChI=1S/C9H13NO3/c1-3-6(2)4-7-8(9(11)12)10-5-13-7/h5-6H,3-4H2,1-2H3,(H,11,12). The highest BCUT2D eigenvalue weighted by atomic mass is 16.4. The molecule has 13 heavy (non-hydrogen) atoms. The minimum absolute atomic E-state index is 0.0419. The number of carbonyl (C=O) groups is 1. The fourth-order valence-electron chi connectivity index (χ4n) is 1.05. The summed E-state index contributed by atoms with van der Waals surface area (Å²) in [6, 6.07) is 0. The van der Waals surface area contributed by atoms with E-state index in [0.717, 1.165) is 6.42 Å². The summed E-state index contributed by atoms with van der Waals surface area (Å²) in [5, 5.41) is 8.72. The second-order valence-corrected chi connectivity index (χ2v) is 3.15. The van der Waals surface area contributed by atoms with Gasteiger partial charge < -0.3 is 9.52 Å². The van der Waals surface area contributed by atoms with Gasteiger partial charge in [-0.2, -0.15) is 0 Å². The minimum atomic E-state index is -1.02. The van der Waals surface area contributed by atoms with Gasteiger partial charge in [0.2, 0.25) is 0 Å². The van der Waals surface area contributed by atoms with Crippen molar-refractivity contribution >= 4 is 5.97 Å². The fraction of sp³-hybridized carbons (Fsp3) is 0.556. The molecule has 0 aliphatic rings. The SMILES string of the molecule is CCC(C)Cc1ocnc1C(=O)O. The summed E-state index contributed by atoms with van der Waals surface area (Å²) in [5.41, 5.74) is 0.0419. The zero-order chi connectivity index (χ0) is 9.84. The van der Waals surface area contributed by atoms with E-state index in [2.05, 4.69) is 11.9 Å². The van der Waals surface area contributed by atoms with Crippen LogP contribution in [0.2, 0.25) is 0 Å². The molecule has 1 N–H and O–H groups in total. The molecule has 72 valence electrons. The predicted octanol–water partition coefficient (Wildman–Crippen LogP) is 1.96. The van der Waals surface area contributed by atoms with Gasteiger partial charge in [-0.15, -0.1) is 0 Å². The van der Waals surface area contributed by atoms with Gasteiger partial charge in [-0.25, -0.2) is 9.78 Å². The highest BCUT2D eigenvalue weighted by Crippen LogP contribution is 2.14. The molecule has 1 heterocycles. The number of carboxylic acid groups (broad SMARTS) is 1. The van der Waals surface area contributed by atoms with Crippen LogP contribution in [0.4, 0.5) is 0 Å². The Kier molecular flexibility index (Phi) is 3.06. The molecule has 0 aromatic carbocycles. The van der Waals surface area contributed by atoms with Crippen LogP contribution in [0.1, 0.15) is 36.5 Å². The number of nitrogens with zero attached hydrogens (tertiary/aromatic N) is 1. The lowest BCUT2D eigenvalue weighted by molar-refractivity contribution is 0.0688. The average molecular weight is 183 g/mol. The Morgan fingerprint density at radius 2 is 2.46 bits per heavy atom. The number of rotatable bonds is 4. The first-order valence-electron chi connectivity index (χ1n) is 4.30. The first kappa shape index (κ1) is 9.77. The van der Waals surface area contributed by atoms with E-state index in [9.17, 15) is 4.79 Å².